The van der Waals surface area contributed by atoms with Crippen LogP contribution >= 0.6 is 11.6 Å². The van der Waals surface area contributed by atoms with Crippen molar-refractivity contribution in [2.75, 3.05) is 25.0 Å². The number of piperidine rings is 1. The number of carbonyl (C=O) groups is 1. The molecule has 2 aromatic carbocycles. The summed E-state index contributed by atoms with van der Waals surface area (Å²) in [5, 5.41) is 6.40. The highest BCUT2D eigenvalue weighted by Gasteiger charge is 2.20. The maximum absolute atomic E-state index is 12.2. The van der Waals surface area contributed by atoms with Crippen LogP contribution in [0.4, 0.5) is 10.5 Å². The highest BCUT2D eigenvalue weighted by molar-refractivity contribution is 6.33. The van der Waals surface area contributed by atoms with E-state index in [1.807, 2.05) is 25.1 Å². The molecule has 28 heavy (non-hydrogen) atoms. The van der Waals surface area contributed by atoms with E-state index in [4.69, 9.17) is 11.6 Å². The van der Waals surface area contributed by atoms with Gasteiger partial charge in [-0.25, -0.2) is 4.79 Å². The summed E-state index contributed by atoms with van der Waals surface area (Å²) in [6.45, 7) is 10.2. The first-order chi connectivity index (χ1) is 13.4. The maximum atomic E-state index is 12.2. The average Bonchev–Trinajstić information content (AvgIpc) is 2.66. The molecule has 5 heteroatoms. The largest absolute Gasteiger partial charge is 0.338 e. The van der Waals surface area contributed by atoms with Crippen molar-refractivity contribution in [2.24, 2.45) is 5.92 Å². The molecule has 0 saturated carbocycles. The van der Waals surface area contributed by atoms with Gasteiger partial charge in [-0.3, -0.25) is 4.90 Å². The number of benzene rings is 2. The molecule has 4 nitrogen and oxygen atoms in total. The van der Waals surface area contributed by atoms with Gasteiger partial charge >= 0.3 is 6.03 Å². The van der Waals surface area contributed by atoms with Gasteiger partial charge in [-0.2, -0.15) is 0 Å². The van der Waals surface area contributed by atoms with E-state index in [0.29, 0.717) is 23.2 Å². The van der Waals surface area contributed by atoms with Gasteiger partial charge in [0.25, 0.3) is 0 Å². The maximum Gasteiger partial charge on any atom is 0.319 e. The quantitative estimate of drug-likeness (QED) is 0.716. The van der Waals surface area contributed by atoms with E-state index in [9.17, 15) is 4.79 Å². The van der Waals surface area contributed by atoms with Gasteiger partial charge in [0, 0.05) is 13.1 Å². The van der Waals surface area contributed by atoms with Gasteiger partial charge in [-0.1, -0.05) is 41.4 Å². The predicted molar refractivity (Wildman–Crippen MR) is 117 cm³/mol. The highest BCUT2D eigenvalue weighted by atomic mass is 35.5. The molecule has 1 aliphatic heterocycles. The van der Waals surface area contributed by atoms with E-state index >= 15 is 0 Å². The number of likely N-dealkylation sites (tertiary alicyclic amines) is 1. The van der Waals surface area contributed by atoms with Gasteiger partial charge in [0.15, 0.2) is 0 Å². The molecule has 0 spiro atoms. The fourth-order valence-electron chi connectivity index (χ4n) is 3.69. The number of anilines is 1. The Morgan fingerprint density at radius 3 is 2.46 bits per heavy atom. The fraction of sp³-hybridized carbons (Fsp3) is 0.435. The van der Waals surface area contributed by atoms with Crippen LogP contribution in [0.2, 0.25) is 5.02 Å². The first-order valence-electron chi connectivity index (χ1n) is 10.00. The number of hydrogen-bond donors (Lipinski definition) is 2. The standard InChI is InChI=1S/C23H30ClN3O/c1-16-4-6-18(3)20(12-16)15-27-10-8-19(9-11-27)14-25-23(28)26-22-7-5-17(2)13-21(22)24/h4-7,12-13,19H,8-11,14-15H2,1-3H3,(H2,25,26,28). The molecule has 1 fully saturated rings. The van der Waals surface area contributed by atoms with Crippen molar-refractivity contribution >= 4 is 23.3 Å². The van der Waals surface area contributed by atoms with Crippen molar-refractivity contribution in [3.8, 4) is 0 Å². The number of carbonyl (C=O) groups excluding carboxylic acids is 1. The molecule has 1 aliphatic rings. The first-order valence-corrected chi connectivity index (χ1v) is 10.4. The molecule has 3 rings (SSSR count). The van der Waals surface area contributed by atoms with E-state index in [2.05, 4.69) is 47.6 Å². The Bertz CT molecular complexity index is 829. The zero-order valence-corrected chi connectivity index (χ0v) is 17.8. The van der Waals surface area contributed by atoms with Crippen molar-refractivity contribution in [1.29, 1.82) is 0 Å². The Hall–Kier alpha value is -2.04. The number of nitrogens with zero attached hydrogens (tertiary/aromatic N) is 1. The van der Waals surface area contributed by atoms with Gasteiger partial charge in [0.1, 0.15) is 0 Å². The Morgan fingerprint density at radius 1 is 1.07 bits per heavy atom. The minimum absolute atomic E-state index is 0.191. The minimum atomic E-state index is -0.191. The Balaban J connectivity index is 1.41. The number of nitrogens with one attached hydrogen (secondary N) is 2. The lowest BCUT2D eigenvalue weighted by atomic mass is 9.96. The summed E-state index contributed by atoms with van der Waals surface area (Å²) in [5.74, 6) is 0.522. The molecule has 2 amide bonds. The summed E-state index contributed by atoms with van der Waals surface area (Å²) in [4.78, 5) is 14.7. The van der Waals surface area contributed by atoms with Crippen LogP contribution in [-0.4, -0.2) is 30.6 Å². The van der Waals surface area contributed by atoms with Crippen LogP contribution in [0.3, 0.4) is 0 Å². The molecule has 0 unspecified atom stereocenters. The van der Waals surface area contributed by atoms with Crippen LogP contribution in [0.5, 0.6) is 0 Å². The molecule has 0 aromatic heterocycles. The highest BCUT2D eigenvalue weighted by Crippen LogP contribution is 2.23. The SMILES string of the molecule is Cc1ccc(NC(=O)NCC2CCN(Cc3cc(C)ccc3C)CC2)c(Cl)c1. The third-order valence-corrected chi connectivity index (χ3v) is 5.84. The molecule has 0 radical (unpaired) electrons. The third-order valence-electron chi connectivity index (χ3n) is 5.53. The van der Waals surface area contributed by atoms with Gasteiger partial charge in [-0.05, 0) is 81.4 Å². The smallest absolute Gasteiger partial charge is 0.319 e. The number of urea groups is 1. The van der Waals surface area contributed by atoms with E-state index in [1.165, 1.54) is 16.7 Å². The average molecular weight is 400 g/mol. The van der Waals surface area contributed by atoms with Crippen LogP contribution < -0.4 is 10.6 Å². The zero-order chi connectivity index (χ0) is 20.1. The molecular formula is C23H30ClN3O. The molecule has 150 valence electrons. The van der Waals surface area contributed by atoms with Crippen molar-refractivity contribution in [1.82, 2.24) is 10.2 Å². The summed E-state index contributed by atoms with van der Waals surface area (Å²) < 4.78 is 0. The van der Waals surface area contributed by atoms with Gasteiger partial charge < -0.3 is 10.6 Å². The Labute approximate surface area is 173 Å². The normalized spacial score (nSPS) is 15.4. The van der Waals surface area contributed by atoms with Crippen LogP contribution in [0.15, 0.2) is 36.4 Å². The number of halogens is 1. The summed E-state index contributed by atoms with van der Waals surface area (Å²) in [7, 11) is 0. The van der Waals surface area contributed by atoms with Crippen molar-refractivity contribution < 1.29 is 4.79 Å². The van der Waals surface area contributed by atoms with Crippen molar-refractivity contribution in [3.63, 3.8) is 0 Å². The molecule has 2 N–H and O–H groups in total. The lowest BCUT2D eigenvalue weighted by Gasteiger charge is -2.32. The summed E-state index contributed by atoms with van der Waals surface area (Å²) in [6, 6.07) is 12.1. The van der Waals surface area contributed by atoms with Crippen LogP contribution in [-0.2, 0) is 6.54 Å². The molecule has 1 saturated heterocycles. The molecule has 2 aromatic rings. The summed E-state index contributed by atoms with van der Waals surface area (Å²) >= 11 is 6.18. The van der Waals surface area contributed by atoms with Crippen LogP contribution in [0.1, 0.15) is 35.1 Å². The molecule has 0 bridgehead atoms. The lowest BCUT2D eigenvalue weighted by molar-refractivity contribution is 0.175. The second kappa shape index (κ2) is 9.44. The van der Waals surface area contributed by atoms with Gasteiger partial charge in [0.2, 0.25) is 0 Å². The van der Waals surface area contributed by atoms with E-state index < -0.39 is 0 Å². The zero-order valence-electron chi connectivity index (χ0n) is 17.0. The summed E-state index contributed by atoms with van der Waals surface area (Å²) in [5.41, 5.74) is 5.82. The van der Waals surface area contributed by atoms with E-state index in [0.717, 1.165) is 38.0 Å². The Kier molecular flexibility index (Phi) is 6.97. The second-order valence-corrected chi connectivity index (χ2v) is 8.37. The number of aryl methyl sites for hydroxylation is 3. The number of hydrogen-bond acceptors (Lipinski definition) is 2. The van der Waals surface area contributed by atoms with Gasteiger partial charge in [0.05, 0.1) is 10.7 Å². The minimum Gasteiger partial charge on any atom is -0.338 e. The van der Waals surface area contributed by atoms with Crippen LogP contribution in [0.25, 0.3) is 0 Å². The van der Waals surface area contributed by atoms with Crippen LogP contribution in [0, 0.1) is 26.7 Å². The monoisotopic (exact) mass is 399 g/mol. The Morgan fingerprint density at radius 2 is 1.75 bits per heavy atom. The second-order valence-electron chi connectivity index (χ2n) is 7.97. The topological polar surface area (TPSA) is 44.4 Å². The third kappa shape index (κ3) is 5.73. The number of rotatable bonds is 5. The molecule has 0 atom stereocenters. The lowest BCUT2D eigenvalue weighted by Crippen LogP contribution is -2.39. The molecule has 0 aliphatic carbocycles. The van der Waals surface area contributed by atoms with Crippen molar-refractivity contribution in [3.05, 3.63) is 63.7 Å². The summed E-state index contributed by atoms with van der Waals surface area (Å²) in [6.07, 6.45) is 2.22. The van der Waals surface area contributed by atoms with Gasteiger partial charge in [-0.15, -0.1) is 0 Å². The molecule has 1 heterocycles. The fourth-order valence-corrected chi connectivity index (χ4v) is 3.97. The molecular weight excluding hydrogens is 370 g/mol. The van der Waals surface area contributed by atoms with Crippen molar-refractivity contribution in [2.45, 2.75) is 40.2 Å². The predicted octanol–water partition coefficient (Wildman–Crippen LogP) is 5.30. The number of amides is 2. The van der Waals surface area contributed by atoms with E-state index in [-0.39, 0.29) is 6.03 Å². The first kappa shape index (κ1) is 20.7. The van der Waals surface area contributed by atoms with E-state index in [1.54, 1.807) is 0 Å².